The van der Waals surface area contributed by atoms with E-state index in [-0.39, 0.29) is 18.6 Å². The fourth-order valence-electron chi connectivity index (χ4n) is 5.91. The summed E-state index contributed by atoms with van der Waals surface area (Å²) in [5.74, 6) is 2.63. The predicted octanol–water partition coefficient (Wildman–Crippen LogP) is 2.40. The van der Waals surface area contributed by atoms with Gasteiger partial charge in [-0.1, -0.05) is 11.6 Å². The van der Waals surface area contributed by atoms with Gasteiger partial charge < -0.3 is 14.5 Å². The summed E-state index contributed by atoms with van der Waals surface area (Å²) in [6, 6.07) is 5.88. The van der Waals surface area contributed by atoms with Gasteiger partial charge in [0.05, 0.1) is 31.1 Å². The van der Waals surface area contributed by atoms with Crippen molar-refractivity contribution in [2.75, 3.05) is 55.7 Å². The van der Waals surface area contributed by atoms with Gasteiger partial charge in [0.1, 0.15) is 5.82 Å². The van der Waals surface area contributed by atoms with Gasteiger partial charge in [0.25, 0.3) is 0 Å². The minimum absolute atomic E-state index is 0.144. The smallest absolute Gasteiger partial charge is 0.231 e. The van der Waals surface area contributed by atoms with Crippen molar-refractivity contribution in [2.24, 2.45) is 5.41 Å². The number of aryl methyl sites for hydroxylation is 1. The van der Waals surface area contributed by atoms with Crippen LogP contribution in [0.25, 0.3) is 5.69 Å². The molecule has 4 aliphatic rings. The van der Waals surface area contributed by atoms with E-state index in [2.05, 4.69) is 39.4 Å². The van der Waals surface area contributed by atoms with E-state index in [0.717, 1.165) is 60.7 Å². The van der Waals surface area contributed by atoms with Crippen molar-refractivity contribution in [1.82, 2.24) is 29.6 Å². The van der Waals surface area contributed by atoms with E-state index >= 15 is 0 Å². The van der Waals surface area contributed by atoms with Gasteiger partial charge in [-0.25, -0.2) is 9.37 Å². The zero-order chi connectivity index (χ0) is 23.8. The molecule has 4 aliphatic heterocycles. The summed E-state index contributed by atoms with van der Waals surface area (Å²) < 4.78 is 22.2. The van der Waals surface area contributed by atoms with Crippen LogP contribution in [-0.2, 0) is 17.8 Å². The van der Waals surface area contributed by atoms with Crippen LogP contribution >= 0.6 is 11.6 Å². The van der Waals surface area contributed by atoms with Crippen LogP contribution in [0.3, 0.4) is 0 Å². The molecule has 0 unspecified atom stereocenters. The van der Waals surface area contributed by atoms with Crippen LogP contribution in [0.5, 0.6) is 0 Å². The fourth-order valence-corrected chi connectivity index (χ4v) is 6.11. The number of hydrogen-bond acceptors (Lipinski definition) is 8. The summed E-state index contributed by atoms with van der Waals surface area (Å²) >= 11 is 6.35. The Labute approximate surface area is 207 Å². The monoisotopic (exact) mass is 496 g/mol. The van der Waals surface area contributed by atoms with Crippen molar-refractivity contribution in [3.05, 3.63) is 52.7 Å². The minimum atomic E-state index is -1.31. The lowest BCUT2D eigenvalue weighted by atomic mass is 9.73. The van der Waals surface area contributed by atoms with Gasteiger partial charge in [0.2, 0.25) is 5.95 Å². The van der Waals surface area contributed by atoms with E-state index in [4.69, 9.17) is 16.3 Å². The van der Waals surface area contributed by atoms with Gasteiger partial charge in [-0.2, -0.15) is 0 Å². The number of alkyl halides is 1. The summed E-state index contributed by atoms with van der Waals surface area (Å²) in [7, 11) is 0. The Balaban J connectivity index is 1.14. The lowest BCUT2D eigenvalue weighted by Gasteiger charge is -2.60. The van der Waals surface area contributed by atoms with Crippen LogP contribution in [0, 0.1) is 12.3 Å². The molecule has 0 amide bonds. The summed E-state index contributed by atoms with van der Waals surface area (Å²) in [5, 5.41) is 9.80. The number of ether oxygens (including phenoxy) is 1. The summed E-state index contributed by atoms with van der Waals surface area (Å²) in [6.07, 6.45) is 3.48. The first-order chi connectivity index (χ1) is 16.9. The average molecular weight is 497 g/mol. The van der Waals surface area contributed by atoms with E-state index in [1.165, 1.54) is 0 Å². The molecule has 182 valence electrons. The van der Waals surface area contributed by atoms with Gasteiger partial charge in [-0.3, -0.25) is 14.5 Å². The molecule has 6 heterocycles. The molecule has 35 heavy (non-hydrogen) atoms. The molecule has 3 aromatic rings. The second kappa shape index (κ2) is 7.59. The Morgan fingerprint density at radius 2 is 1.80 bits per heavy atom. The molecule has 3 saturated heterocycles. The maximum atomic E-state index is 14.9. The number of fused-ring (bicyclic) bond motifs is 3. The number of halogens is 2. The highest BCUT2D eigenvalue weighted by atomic mass is 35.5. The van der Waals surface area contributed by atoms with Crippen LogP contribution in [0.2, 0.25) is 5.02 Å². The third-order valence-electron chi connectivity index (χ3n) is 7.53. The third-order valence-corrected chi connectivity index (χ3v) is 7.76. The number of hydrogen-bond donors (Lipinski definition) is 0. The molecule has 3 fully saturated rings. The first-order valence-corrected chi connectivity index (χ1v) is 12.3. The number of aromatic nitrogens is 5. The van der Waals surface area contributed by atoms with Gasteiger partial charge in [0, 0.05) is 62.1 Å². The molecular formula is C24H26ClFN8O. The maximum absolute atomic E-state index is 14.9. The normalized spacial score (nSPS) is 22.0. The molecule has 0 N–H and O–H groups in total. The van der Waals surface area contributed by atoms with Gasteiger partial charge >= 0.3 is 0 Å². The zero-order valence-corrected chi connectivity index (χ0v) is 20.2. The molecule has 0 radical (unpaired) electrons. The number of anilines is 2. The third kappa shape index (κ3) is 3.49. The van der Waals surface area contributed by atoms with Crippen molar-refractivity contribution in [1.29, 1.82) is 0 Å². The molecule has 0 aliphatic carbocycles. The van der Waals surface area contributed by atoms with Crippen LogP contribution in [0.4, 0.5) is 16.2 Å². The molecular weight excluding hydrogens is 471 g/mol. The van der Waals surface area contributed by atoms with Crippen molar-refractivity contribution >= 4 is 23.4 Å². The van der Waals surface area contributed by atoms with Crippen molar-refractivity contribution < 1.29 is 9.13 Å². The molecule has 9 nitrogen and oxygen atoms in total. The number of nitrogens with zero attached hydrogens (tertiary/aromatic N) is 8. The van der Waals surface area contributed by atoms with E-state index in [0.29, 0.717) is 24.7 Å². The highest BCUT2D eigenvalue weighted by Crippen LogP contribution is 2.44. The first-order valence-electron chi connectivity index (χ1n) is 11.9. The van der Waals surface area contributed by atoms with Gasteiger partial charge in [-0.15, -0.1) is 10.2 Å². The first kappa shape index (κ1) is 21.5. The van der Waals surface area contributed by atoms with E-state index < -0.39 is 5.67 Å². The Bertz CT molecular complexity index is 1300. The van der Waals surface area contributed by atoms with Gasteiger partial charge in [0.15, 0.2) is 11.5 Å². The highest BCUT2D eigenvalue weighted by molar-refractivity contribution is 6.30. The Kier molecular flexibility index (Phi) is 4.65. The molecule has 2 aromatic heterocycles. The van der Waals surface area contributed by atoms with Crippen LogP contribution in [0.1, 0.15) is 17.1 Å². The van der Waals surface area contributed by atoms with E-state index in [1.54, 1.807) is 12.4 Å². The second-order valence-electron chi connectivity index (χ2n) is 10.5. The summed E-state index contributed by atoms with van der Waals surface area (Å²) in [5.41, 5.74) is 1.95. The standard InChI is InChI=1S/C24H26ClFN8O/c1-16-21(28-5-4-27-16)32-9-23(10-32)11-33(12-23)22-30-29-20-8-31(13-24(26)14-35-15-24)7-17-6-18(25)2-3-19(17)34(20)22/h2-6H,7-15H2,1H3. The van der Waals surface area contributed by atoms with Crippen LogP contribution in [0.15, 0.2) is 30.6 Å². The predicted molar refractivity (Wildman–Crippen MR) is 129 cm³/mol. The van der Waals surface area contributed by atoms with Crippen LogP contribution < -0.4 is 9.80 Å². The SMILES string of the molecule is Cc1nccnc1N1CC2(C1)CN(c1nnc3n1-c1ccc(Cl)cc1CN(CC1(F)COC1)C3)C2. The second-order valence-corrected chi connectivity index (χ2v) is 10.9. The average Bonchev–Trinajstić information content (AvgIpc) is 3.08. The molecule has 0 bridgehead atoms. The lowest BCUT2D eigenvalue weighted by molar-refractivity contribution is -0.142. The molecule has 11 heteroatoms. The zero-order valence-electron chi connectivity index (χ0n) is 19.5. The Morgan fingerprint density at radius 1 is 1.03 bits per heavy atom. The van der Waals surface area contributed by atoms with E-state index in [1.807, 2.05) is 25.1 Å². The topological polar surface area (TPSA) is 75.4 Å². The highest BCUT2D eigenvalue weighted by Gasteiger charge is 2.54. The molecule has 1 spiro atoms. The van der Waals surface area contributed by atoms with Crippen molar-refractivity contribution in [2.45, 2.75) is 25.7 Å². The Hall–Kier alpha value is -2.82. The largest absolute Gasteiger partial charge is 0.375 e. The maximum Gasteiger partial charge on any atom is 0.231 e. The van der Waals surface area contributed by atoms with Crippen LogP contribution in [-0.4, -0.2) is 81.2 Å². The molecule has 0 saturated carbocycles. The van der Waals surface area contributed by atoms with E-state index in [9.17, 15) is 4.39 Å². The summed E-state index contributed by atoms with van der Waals surface area (Å²) in [6.45, 7) is 7.46. The lowest BCUT2D eigenvalue weighted by Crippen LogP contribution is -2.73. The van der Waals surface area contributed by atoms with Gasteiger partial charge in [-0.05, 0) is 30.7 Å². The minimum Gasteiger partial charge on any atom is -0.375 e. The molecule has 1 aromatic carbocycles. The summed E-state index contributed by atoms with van der Waals surface area (Å²) in [4.78, 5) is 15.6. The fraction of sp³-hybridized carbons (Fsp3) is 0.500. The Morgan fingerprint density at radius 3 is 2.54 bits per heavy atom. The quantitative estimate of drug-likeness (QED) is 0.545. The molecule has 0 atom stereocenters. The van der Waals surface area contributed by atoms with Crippen molar-refractivity contribution in [3.63, 3.8) is 0 Å². The van der Waals surface area contributed by atoms with Crippen molar-refractivity contribution in [3.8, 4) is 5.69 Å². The number of benzene rings is 1. The molecule has 7 rings (SSSR count). The number of rotatable bonds is 4.